The van der Waals surface area contributed by atoms with E-state index in [0.717, 1.165) is 19.4 Å². The van der Waals surface area contributed by atoms with Crippen LogP contribution in [0, 0.1) is 0 Å². The molecule has 8 heteroatoms. The Morgan fingerprint density at radius 2 is 2.39 bits per heavy atom. The highest BCUT2D eigenvalue weighted by molar-refractivity contribution is 5.77. The van der Waals surface area contributed by atoms with Crippen LogP contribution in [0.5, 0.6) is 0 Å². The molecule has 0 radical (unpaired) electrons. The topological polar surface area (TPSA) is 111 Å². The number of rotatable bonds is 6. The number of hydrogen-bond donors (Lipinski definition) is 2. The largest absolute Gasteiger partial charge is 0.376 e. The van der Waals surface area contributed by atoms with Crippen molar-refractivity contribution >= 4 is 5.96 Å². The maximum atomic E-state index is 5.82. The summed E-state index contributed by atoms with van der Waals surface area (Å²) in [6.07, 6.45) is 4.63. The van der Waals surface area contributed by atoms with Crippen molar-refractivity contribution in [2.45, 2.75) is 25.4 Å². The Morgan fingerprint density at radius 3 is 3.17 bits per heavy atom. The van der Waals surface area contributed by atoms with Crippen LogP contribution < -0.4 is 11.1 Å². The van der Waals surface area contributed by atoms with Gasteiger partial charge in [0.1, 0.15) is 5.69 Å². The van der Waals surface area contributed by atoms with Crippen molar-refractivity contribution in [1.82, 2.24) is 20.4 Å². The van der Waals surface area contributed by atoms with Gasteiger partial charge in [-0.3, -0.25) is 9.98 Å². The lowest BCUT2D eigenvalue weighted by Gasteiger charge is -2.07. The molecule has 2 aromatic heterocycles. The molecule has 1 saturated heterocycles. The van der Waals surface area contributed by atoms with E-state index < -0.39 is 0 Å². The molecule has 122 valence electrons. The summed E-state index contributed by atoms with van der Waals surface area (Å²) in [6, 6.07) is 5.54. The minimum atomic E-state index is 0.202. The summed E-state index contributed by atoms with van der Waals surface area (Å²) in [4.78, 5) is 12.7. The number of pyridine rings is 1. The average Bonchev–Trinajstić information content (AvgIpc) is 3.26. The third-order valence-corrected chi connectivity index (χ3v) is 3.50. The molecular weight excluding hydrogens is 296 g/mol. The smallest absolute Gasteiger partial charge is 0.276 e. The van der Waals surface area contributed by atoms with E-state index in [2.05, 4.69) is 25.4 Å². The molecule has 0 aliphatic carbocycles. The molecule has 3 heterocycles. The Labute approximate surface area is 134 Å². The first-order valence-corrected chi connectivity index (χ1v) is 7.70. The molecule has 1 atom stereocenters. The summed E-state index contributed by atoms with van der Waals surface area (Å²) in [5, 5.41) is 6.97. The van der Waals surface area contributed by atoms with Gasteiger partial charge in [-0.15, -0.1) is 0 Å². The first kappa shape index (κ1) is 15.4. The Hall–Kier alpha value is -2.48. The van der Waals surface area contributed by atoms with Crippen LogP contribution in [0.25, 0.3) is 11.6 Å². The Kier molecular flexibility index (Phi) is 5.15. The Balaban J connectivity index is 1.43. The van der Waals surface area contributed by atoms with Gasteiger partial charge in [0.15, 0.2) is 11.8 Å². The zero-order valence-corrected chi connectivity index (χ0v) is 12.8. The molecule has 0 spiro atoms. The Morgan fingerprint density at radius 1 is 1.43 bits per heavy atom. The highest BCUT2D eigenvalue weighted by Crippen LogP contribution is 2.13. The Bertz CT molecular complexity index is 636. The second-order valence-corrected chi connectivity index (χ2v) is 5.27. The lowest BCUT2D eigenvalue weighted by molar-refractivity contribution is 0.118. The molecule has 1 aliphatic heterocycles. The summed E-state index contributed by atoms with van der Waals surface area (Å²) in [7, 11) is 0. The van der Waals surface area contributed by atoms with Crippen LogP contribution in [0.2, 0.25) is 0 Å². The molecule has 0 bridgehead atoms. The normalized spacial score (nSPS) is 18.3. The molecule has 0 amide bonds. The van der Waals surface area contributed by atoms with E-state index in [-0.39, 0.29) is 6.10 Å². The first-order chi connectivity index (χ1) is 11.3. The van der Waals surface area contributed by atoms with Crippen molar-refractivity contribution in [3.63, 3.8) is 0 Å². The quantitative estimate of drug-likeness (QED) is 0.597. The second-order valence-electron chi connectivity index (χ2n) is 5.27. The van der Waals surface area contributed by atoms with Crippen molar-refractivity contribution in [2.24, 2.45) is 10.7 Å². The number of guanidine groups is 1. The van der Waals surface area contributed by atoms with Crippen LogP contribution in [-0.2, 0) is 11.2 Å². The van der Waals surface area contributed by atoms with Crippen molar-refractivity contribution in [3.8, 4) is 11.6 Å². The summed E-state index contributed by atoms with van der Waals surface area (Å²) in [5.41, 5.74) is 6.49. The van der Waals surface area contributed by atoms with Gasteiger partial charge in [-0.1, -0.05) is 11.2 Å². The number of aliphatic imine (C=N–C) groups is 1. The van der Waals surface area contributed by atoms with E-state index in [0.29, 0.717) is 42.9 Å². The van der Waals surface area contributed by atoms with E-state index in [1.807, 2.05) is 18.2 Å². The van der Waals surface area contributed by atoms with Gasteiger partial charge in [0.25, 0.3) is 5.89 Å². The lowest BCUT2D eigenvalue weighted by Crippen LogP contribution is -2.34. The van der Waals surface area contributed by atoms with Gasteiger partial charge >= 0.3 is 0 Å². The molecule has 1 fully saturated rings. The minimum Gasteiger partial charge on any atom is -0.376 e. The van der Waals surface area contributed by atoms with Gasteiger partial charge in [-0.05, 0) is 25.0 Å². The SMILES string of the molecule is NC(=NCC1CCCO1)NCCc1noc(-c2ccccn2)n1. The molecule has 3 N–H and O–H groups in total. The lowest BCUT2D eigenvalue weighted by atomic mass is 10.2. The highest BCUT2D eigenvalue weighted by atomic mass is 16.5. The first-order valence-electron chi connectivity index (χ1n) is 7.70. The summed E-state index contributed by atoms with van der Waals surface area (Å²) in [5.74, 6) is 1.43. The zero-order chi connectivity index (χ0) is 15.9. The number of hydrogen-bond acceptors (Lipinski definition) is 6. The van der Waals surface area contributed by atoms with Crippen molar-refractivity contribution in [2.75, 3.05) is 19.7 Å². The number of nitrogens with one attached hydrogen (secondary N) is 1. The standard InChI is InChI=1S/C15H20N6O2/c16-15(19-10-11-4-3-9-22-11)18-8-6-13-20-14(23-21-13)12-5-1-2-7-17-12/h1-2,5,7,11H,3-4,6,8-10H2,(H3,16,18,19). The number of aromatic nitrogens is 3. The summed E-state index contributed by atoms with van der Waals surface area (Å²) < 4.78 is 10.7. The van der Waals surface area contributed by atoms with E-state index in [4.69, 9.17) is 15.0 Å². The number of nitrogens with two attached hydrogens (primary N) is 1. The fourth-order valence-electron chi connectivity index (χ4n) is 2.30. The van der Waals surface area contributed by atoms with Crippen LogP contribution >= 0.6 is 0 Å². The van der Waals surface area contributed by atoms with Crippen LogP contribution in [0.1, 0.15) is 18.7 Å². The van der Waals surface area contributed by atoms with Crippen molar-refractivity contribution in [3.05, 3.63) is 30.2 Å². The van der Waals surface area contributed by atoms with E-state index in [1.165, 1.54) is 0 Å². The molecule has 0 saturated carbocycles. The van der Waals surface area contributed by atoms with Gasteiger partial charge in [-0.25, -0.2) is 0 Å². The van der Waals surface area contributed by atoms with Gasteiger partial charge in [0.2, 0.25) is 0 Å². The highest BCUT2D eigenvalue weighted by Gasteiger charge is 2.14. The van der Waals surface area contributed by atoms with Gasteiger partial charge < -0.3 is 20.3 Å². The molecule has 1 aliphatic rings. The van der Waals surface area contributed by atoms with Crippen molar-refractivity contribution in [1.29, 1.82) is 0 Å². The van der Waals surface area contributed by atoms with Crippen LogP contribution in [0.4, 0.5) is 0 Å². The third kappa shape index (κ3) is 4.49. The zero-order valence-electron chi connectivity index (χ0n) is 12.8. The second kappa shape index (κ2) is 7.68. The molecule has 3 rings (SSSR count). The molecular formula is C15H20N6O2. The number of ether oxygens (including phenoxy) is 1. The minimum absolute atomic E-state index is 0.202. The molecule has 8 nitrogen and oxygen atoms in total. The maximum Gasteiger partial charge on any atom is 0.276 e. The monoisotopic (exact) mass is 316 g/mol. The van der Waals surface area contributed by atoms with Crippen LogP contribution in [0.15, 0.2) is 33.9 Å². The van der Waals surface area contributed by atoms with Crippen LogP contribution in [-0.4, -0.2) is 46.9 Å². The van der Waals surface area contributed by atoms with Crippen molar-refractivity contribution < 1.29 is 9.26 Å². The molecule has 23 heavy (non-hydrogen) atoms. The number of nitrogens with zero attached hydrogens (tertiary/aromatic N) is 4. The maximum absolute atomic E-state index is 5.82. The fraction of sp³-hybridized carbons (Fsp3) is 0.467. The molecule has 2 aromatic rings. The van der Waals surface area contributed by atoms with Crippen LogP contribution in [0.3, 0.4) is 0 Å². The predicted molar refractivity (Wildman–Crippen MR) is 84.7 cm³/mol. The summed E-state index contributed by atoms with van der Waals surface area (Å²) >= 11 is 0. The predicted octanol–water partition coefficient (Wildman–Crippen LogP) is 0.757. The summed E-state index contributed by atoms with van der Waals surface area (Å²) in [6.45, 7) is 2.01. The molecule has 0 aromatic carbocycles. The van der Waals surface area contributed by atoms with Gasteiger partial charge in [0, 0.05) is 25.8 Å². The van der Waals surface area contributed by atoms with Gasteiger partial charge in [0.05, 0.1) is 12.6 Å². The third-order valence-electron chi connectivity index (χ3n) is 3.50. The fourth-order valence-corrected chi connectivity index (χ4v) is 2.30. The van der Waals surface area contributed by atoms with E-state index in [9.17, 15) is 0 Å². The average molecular weight is 316 g/mol. The van der Waals surface area contributed by atoms with E-state index >= 15 is 0 Å². The molecule has 1 unspecified atom stereocenters. The van der Waals surface area contributed by atoms with E-state index in [1.54, 1.807) is 6.20 Å². The van der Waals surface area contributed by atoms with Gasteiger partial charge in [-0.2, -0.15) is 4.98 Å².